The van der Waals surface area contributed by atoms with Crippen LogP contribution in [0.15, 0.2) is 45.4 Å². The minimum absolute atomic E-state index is 0.0800. The zero-order chi connectivity index (χ0) is 16.8. The molecule has 5 heterocycles. The number of hydrogen-bond donors (Lipinski definition) is 1. The minimum atomic E-state index is -0.0800. The zero-order valence-electron chi connectivity index (χ0n) is 13.8. The fraction of sp³-hybridized carbons (Fsp3) is 0.368. The normalized spacial score (nSPS) is 25.4. The number of carbonyl (C=O) groups excluding carboxylic acids is 1. The van der Waals surface area contributed by atoms with Gasteiger partial charge in [0.05, 0.1) is 11.8 Å². The molecule has 3 aliphatic rings. The van der Waals surface area contributed by atoms with Crippen molar-refractivity contribution in [2.24, 2.45) is 5.92 Å². The van der Waals surface area contributed by atoms with Gasteiger partial charge in [-0.25, -0.2) is 4.98 Å². The molecule has 1 aromatic carbocycles. The van der Waals surface area contributed by atoms with Gasteiger partial charge >= 0.3 is 0 Å². The summed E-state index contributed by atoms with van der Waals surface area (Å²) in [4.78, 5) is 19.8. The third-order valence-electron chi connectivity index (χ3n) is 5.37. The number of hydrogen-bond acceptors (Lipinski definition) is 5. The summed E-state index contributed by atoms with van der Waals surface area (Å²) < 4.78 is 11.1. The van der Waals surface area contributed by atoms with E-state index in [1.54, 1.807) is 24.5 Å². The molecule has 2 aromatic heterocycles. The Morgan fingerprint density at radius 3 is 2.80 bits per heavy atom. The van der Waals surface area contributed by atoms with Gasteiger partial charge in [0.2, 0.25) is 0 Å². The van der Waals surface area contributed by atoms with Crippen molar-refractivity contribution in [3.63, 3.8) is 0 Å². The van der Waals surface area contributed by atoms with Gasteiger partial charge in [-0.1, -0.05) is 6.07 Å². The van der Waals surface area contributed by atoms with Crippen molar-refractivity contribution >= 4 is 17.0 Å². The maximum Gasteiger partial charge on any atom is 0.263 e. The maximum atomic E-state index is 12.9. The van der Waals surface area contributed by atoms with Crippen molar-refractivity contribution < 1.29 is 13.6 Å². The number of para-hydroxylation sites is 1. The van der Waals surface area contributed by atoms with Crippen molar-refractivity contribution in [2.45, 2.75) is 18.9 Å². The highest BCUT2D eigenvalue weighted by Gasteiger charge is 2.35. The monoisotopic (exact) mass is 337 g/mol. The van der Waals surface area contributed by atoms with Crippen molar-refractivity contribution in [1.29, 1.82) is 0 Å². The first kappa shape index (κ1) is 14.7. The molecule has 3 aliphatic heterocycles. The van der Waals surface area contributed by atoms with Crippen LogP contribution in [0.4, 0.5) is 0 Å². The number of fused-ring (bicyclic) bond motifs is 4. The number of aromatic nitrogens is 1. The lowest BCUT2D eigenvalue weighted by molar-refractivity contribution is 0.0621. The van der Waals surface area contributed by atoms with Crippen LogP contribution in [0.3, 0.4) is 0 Å². The van der Waals surface area contributed by atoms with Crippen LogP contribution in [-0.2, 0) is 0 Å². The average Bonchev–Trinajstić information content (AvgIpc) is 3.31. The van der Waals surface area contributed by atoms with E-state index in [9.17, 15) is 4.79 Å². The molecular weight excluding hydrogens is 318 g/mol. The fourth-order valence-corrected chi connectivity index (χ4v) is 4.01. The molecule has 1 amide bonds. The van der Waals surface area contributed by atoms with E-state index in [0.29, 0.717) is 34.2 Å². The summed E-state index contributed by atoms with van der Waals surface area (Å²) in [5, 5.41) is 3.22. The Balaban J connectivity index is 1.45. The van der Waals surface area contributed by atoms with Crippen LogP contribution in [0.1, 0.15) is 23.2 Å². The standard InChI is InChI=1S/C19H19N3O3/c23-18(20-14-11-22-8-6-12(14)7-9-22)13-3-1-4-15-17(13)21-19(25-15)16-5-2-10-24-16/h1-5,10,12,14H,6-9,11H2,(H,20,23). The Morgan fingerprint density at radius 1 is 1.20 bits per heavy atom. The van der Waals surface area contributed by atoms with Gasteiger partial charge in [0.15, 0.2) is 11.3 Å². The maximum absolute atomic E-state index is 12.9. The third-order valence-corrected chi connectivity index (χ3v) is 5.37. The number of nitrogens with zero attached hydrogens (tertiary/aromatic N) is 2. The van der Waals surface area contributed by atoms with Gasteiger partial charge in [0.25, 0.3) is 11.8 Å². The highest BCUT2D eigenvalue weighted by molar-refractivity contribution is 6.04. The number of oxazole rings is 1. The second-order valence-corrected chi connectivity index (χ2v) is 6.87. The number of amides is 1. The molecule has 25 heavy (non-hydrogen) atoms. The first-order valence-electron chi connectivity index (χ1n) is 8.74. The molecule has 1 atom stereocenters. The van der Waals surface area contributed by atoms with E-state index in [1.807, 2.05) is 12.1 Å². The van der Waals surface area contributed by atoms with Crippen molar-refractivity contribution in [1.82, 2.24) is 15.2 Å². The SMILES string of the molecule is O=C(NC1CN2CCC1CC2)c1cccc2oc(-c3ccco3)nc12. The Morgan fingerprint density at radius 2 is 2.08 bits per heavy atom. The molecule has 3 aromatic rings. The van der Waals surface area contributed by atoms with Crippen LogP contribution >= 0.6 is 0 Å². The number of piperidine rings is 3. The molecule has 6 heteroatoms. The quantitative estimate of drug-likeness (QED) is 0.796. The summed E-state index contributed by atoms with van der Waals surface area (Å²) >= 11 is 0. The highest BCUT2D eigenvalue weighted by Crippen LogP contribution is 2.29. The number of benzene rings is 1. The molecule has 3 saturated heterocycles. The topological polar surface area (TPSA) is 71.5 Å². The Bertz CT molecular complexity index is 907. The third kappa shape index (κ3) is 2.53. The van der Waals surface area contributed by atoms with E-state index in [0.717, 1.165) is 19.6 Å². The predicted molar refractivity (Wildman–Crippen MR) is 92.1 cm³/mol. The first-order chi connectivity index (χ1) is 12.3. The highest BCUT2D eigenvalue weighted by atomic mass is 16.4. The lowest BCUT2D eigenvalue weighted by Gasteiger charge is -2.44. The summed E-state index contributed by atoms with van der Waals surface area (Å²) in [6, 6.07) is 9.24. The molecule has 3 fully saturated rings. The second kappa shape index (κ2) is 5.74. The van der Waals surface area contributed by atoms with Gasteiger partial charge in [-0.15, -0.1) is 0 Å². The molecule has 0 spiro atoms. The summed E-state index contributed by atoms with van der Waals surface area (Å²) in [6.07, 6.45) is 3.91. The lowest BCUT2D eigenvalue weighted by Crippen LogP contribution is -2.57. The fourth-order valence-electron chi connectivity index (χ4n) is 4.01. The van der Waals surface area contributed by atoms with E-state index >= 15 is 0 Å². The number of rotatable bonds is 3. The van der Waals surface area contributed by atoms with E-state index in [1.165, 1.54) is 12.8 Å². The van der Waals surface area contributed by atoms with Gasteiger partial charge in [0.1, 0.15) is 5.52 Å². The van der Waals surface area contributed by atoms with Crippen LogP contribution in [0, 0.1) is 5.92 Å². The lowest BCUT2D eigenvalue weighted by atomic mass is 9.84. The summed E-state index contributed by atoms with van der Waals surface area (Å²) in [5.74, 6) is 1.45. The molecular formula is C19H19N3O3. The predicted octanol–water partition coefficient (Wildman–Crippen LogP) is 2.91. The molecule has 2 bridgehead atoms. The van der Waals surface area contributed by atoms with Gasteiger partial charge in [-0.05, 0) is 56.1 Å². The molecule has 1 unspecified atom stereocenters. The largest absolute Gasteiger partial charge is 0.459 e. The Kier molecular flexibility index (Phi) is 3.38. The van der Waals surface area contributed by atoms with Crippen LogP contribution < -0.4 is 5.32 Å². The Labute approximate surface area is 144 Å². The average molecular weight is 337 g/mol. The molecule has 6 nitrogen and oxygen atoms in total. The molecule has 6 rings (SSSR count). The smallest absolute Gasteiger partial charge is 0.263 e. The van der Waals surface area contributed by atoms with Crippen LogP contribution in [0.25, 0.3) is 22.8 Å². The van der Waals surface area contributed by atoms with Crippen LogP contribution in [-0.4, -0.2) is 41.5 Å². The second-order valence-electron chi connectivity index (χ2n) is 6.87. The van der Waals surface area contributed by atoms with Crippen molar-refractivity contribution in [2.75, 3.05) is 19.6 Å². The van der Waals surface area contributed by atoms with Crippen LogP contribution in [0.5, 0.6) is 0 Å². The summed E-state index contributed by atoms with van der Waals surface area (Å²) in [6.45, 7) is 3.26. The van der Waals surface area contributed by atoms with E-state index < -0.39 is 0 Å². The van der Waals surface area contributed by atoms with Gasteiger partial charge in [-0.2, -0.15) is 0 Å². The van der Waals surface area contributed by atoms with Gasteiger partial charge in [-0.3, -0.25) is 4.79 Å². The molecule has 1 N–H and O–H groups in total. The Hall–Kier alpha value is -2.60. The zero-order valence-corrected chi connectivity index (χ0v) is 13.8. The summed E-state index contributed by atoms with van der Waals surface area (Å²) in [7, 11) is 0. The molecule has 0 aliphatic carbocycles. The van der Waals surface area contributed by atoms with Gasteiger partial charge in [0, 0.05) is 12.6 Å². The van der Waals surface area contributed by atoms with Crippen molar-refractivity contribution in [3.8, 4) is 11.7 Å². The van der Waals surface area contributed by atoms with Crippen molar-refractivity contribution in [3.05, 3.63) is 42.2 Å². The minimum Gasteiger partial charge on any atom is -0.459 e. The van der Waals surface area contributed by atoms with Gasteiger partial charge < -0.3 is 19.1 Å². The van der Waals surface area contributed by atoms with E-state index in [-0.39, 0.29) is 11.9 Å². The number of furan rings is 1. The number of carbonyl (C=O) groups is 1. The van der Waals surface area contributed by atoms with Crippen LogP contribution in [0.2, 0.25) is 0 Å². The first-order valence-corrected chi connectivity index (χ1v) is 8.74. The molecule has 128 valence electrons. The summed E-state index contributed by atoms with van der Waals surface area (Å²) in [5.41, 5.74) is 1.72. The molecule has 0 radical (unpaired) electrons. The van der Waals surface area contributed by atoms with E-state index in [2.05, 4.69) is 15.2 Å². The molecule has 0 saturated carbocycles. The van der Waals surface area contributed by atoms with E-state index in [4.69, 9.17) is 8.83 Å². The number of nitrogens with one attached hydrogen (secondary N) is 1.